The average molecular weight is 1960 g/mol. The zero-order valence-corrected chi connectivity index (χ0v) is 75.9. The number of sulfonamides is 4. The van der Waals surface area contributed by atoms with Crippen LogP contribution in [0.25, 0.3) is 11.1 Å². The summed E-state index contributed by atoms with van der Waals surface area (Å²) in [5.74, 6) is -8.84. The Kier molecular flexibility index (Phi) is 33.1. The van der Waals surface area contributed by atoms with Gasteiger partial charge in [0.25, 0.3) is 0 Å². The van der Waals surface area contributed by atoms with Crippen LogP contribution in [0.1, 0.15) is 62.5 Å². The molecule has 10 aromatic rings. The van der Waals surface area contributed by atoms with Crippen LogP contribution in [0.4, 0.5) is 92.6 Å². The van der Waals surface area contributed by atoms with Gasteiger partial charge in [-0.1, -0.05) is 36.4 Å². The zero-order valence-electron chi connectivity index (χ0n) is 71.0. The Labute approximate surface area is 768 Å². The Balaban J connectivity index is 0.911. The number of nitrogens with one attached hydrogen (secondary N) is 8. The van der Waals surface area contributed by atoms with Crippen molar-refractivity contribution >= 4 is 200 Å². The van der Waals surface area contributed by atoms with Crippen LogP contribution in [-0.4, -0.2) is 206 Å². The van der Waals surface area contributed by atoms with Crippen LogP contribution in [-0.2, 0) is 98.7 Å². The highest BCUT2D eigenvalue weighted by Gasteiger charge is 2.32. The van der Waals surface area contributed by atoms with Crippen LogP contribution in [0.15, 0.2) is 199 Å². The fourth-order valence-corrected chi connectivity index (χ4v) is 20.0. The van der Waals surface area contributed by atoms with Gasteiger partial charge >= 0.3 is 0 Å². The molecule has 710 valence electrons. The van der Waals surface area contributed by atoms with E-state index in [0.717, 1.165) is 53.6 Å². The molecule has 8 amide bonds. The molecule has 0 aliphatic carbocycles. The molecule has 2 aromatic heterocycles. The number of carbonyl (C=O) groups is 8. The summed E-state index contributed by atoms with van der Waals surface area (Å²) < 4.78 is 195. The first kappa shape index (κ1) is 102. The number of hydrogen-bond donors (Lipinski definition) is 16. The van der Waals surface area contributed by atoms with Crippen LogP contribution in [0.5, 0.6) is 0 Å². The van der Waals surface area contributed by atoms with Gasteiger partial charge in [-0.15, -0.1) is 0 Å². The fourth-order valence-electron chi connectivity index (χ4n) is 12.8. The Morgan fingerprint density at radius 2 is 0.455 bits per heavy atom. The predicted octanol–water partition coefficient (Wildman–Crippen LogP) is 3.06. The van der Waals surface area contributed by atoms with Crippen LogP contribution in [0.2, 0.25) is 0 Å². The number of aryl methyl sites for hydroxylation is 2. The second kappa shape index (κ2) is 43.6. The smallest absolute Gasteiger partial charge is 0.243 e. The van der Waals surface area contributed by atoms with Crippen molar-refractivity contribution in [2.24, 2.45) is 45.9 Å². The first-order chi connectivity index (χ1) is 63.0. The van der Waals surface area contributed by atoms with Gasteiger partial charge in [0.05, 0.1) is 40.7 Å². The molecule has 10 rings (SSSR count). The molecule has 0 aliphatic rings. The maximum atomic E-state index is 14.1. The van der Waals surface area contributed by atoms with Crippen molar-refractivity contribution in [1.82, 2.24) is 47.1 Å². The topological polar surface area (TPSA) is 782 Å². The number of nitrogens with zero attached hydrogens (tertiary/aromatic N) is 10. The van der Waals surface area contributed by atoms with Gasteiger partial charge in [-0.05, 0) is 170 Å². The third-order valence-corrected chi connectivity index (χ3v) is 28.7. The normalized spacial score (nSPS) is 12.0. The summed E-state index contributed by atoms with van der Waals surface area (Å²) in [6, 6.07) is 37.7. The maximum absolute atomic E-state index is 14.1. The molecule has 2 heterocycles. The van der Waals surface area contributed by atoms with E-state index >= 15 is 0 Å². The van der Waals surface area contributed by atoms with E-state index in [4.69, 9.17) is 45.9 Å². The molecular weight excluding hydrogens is 1870 g/mol. The minimum absolute atomic E-state index is 0.0154. The Bertz CT molecular complexity index is 6200. The van der Waals surface area contributed by atoms with Gasteiger partial charge in [0, 0.05) is 149 Å². The van der Waals surface area contributed by atoms with Crippen molar-refractivity contribution in [2.45, 2.75) is 94.6 Å². The van der Waals surface area contributed by atoms with E-state index in [9.17, 15) is 98.0 Å². The number of aromatic nitrogens is 6. The summed E-state index contributed by atoms with van der Waals surface area (Å²) in [5, 5.41) is 23.2. The van der Waals surface area contributed by atoms with Gasteiger partial charge in [-0.3, -0.25) is 38.4 Å². The Hall–Kier alpha value is -14.6. The molecule has 48 nitrogen and oxygen atoms in total. The minimum atomic E-state index is -5.37. The molecule has 0 radical (unpaired) electrons. The number of rotatable bonds is 51. The lowest BCUT2D eigenvalue weighted by Crippen LogP contribution is -2.36. The lowest BCUT2D eigenvalue weighted by atomic mass is 9.99. The van der Waals surface area contributed by atoms with Crippen molar-refractivity contribution in [3.05, 3.63) is 181 Å². The van der Waals surface area contributed by atoms with Crippen molar-refractivity contribution in [1.29, 1.82) is 0 Å². The molecule has 54 heteroatoms. The molecular formula is C80H90N26O22S6-2. The number of amides is 8. The predicted molar refractivity (Wildman–Crippen MR) is 487 cm³/mol. The van der Waals surface area contributed by atoms with Crippen molar-refractivity contribution < 1.29 is 98.0 Å². The van der Waals surface area contributed by atoms with Crippen molar-refractivity contribution in [2.75, 3.05) is 94.9 Å². The molecule has 0 bridgehead atoms. The van der Waals surface area contributed by atoms with E-state index in [2.05, 4.69) is 72.4 Å². The van der Waals surface area contributed by atoms with Gasteiger partial charge in [0.1, 0.15) is 20.2 Å². The molecule has 0 fully saturated rings. The second-order valence-corrected chi connectivity index (χ2v) is 39.9. The van der Waals surface area contributed by atoms with E-state index in [1.165, 1.54) is 97.1 Å². The Morgan fingerprint density at radius 1 is 0.261 bits per heavy atom. The van der Waals surface area contributed by atoms with Gasteiger partial charge in [0.15, 0.2) is 0 Å². The number of carbonyl (C=O) groups excluding carboxylic acids is 8. The van der Waals surface area contributed by atoms with E-state index in [0.29, 0.717) is 33.6 Å². The van der Waals surface area contributed by atoms with Crippen LogP contribution in [0.3, 0.4) is 0 Å². The summed E-state index contributed by atoms with van der Waals surface area (Å²) in [5.41, 5.74) is 45.0. The summed E-state index contributed by atoms with van der Waals surface area (Å²) in [6.07, 6.45) is -3.32. The quantitative estimate of drug-likeness (QED) is 0.0244. The molecule has 0 saturated heterocycles. The number of anilines is 16. The summed E-state index contributed by atoms with van der Waals surface area (Å²) in [4.78, 5) is 118. The molecule has 0 spiro atoms. The monoisotopic (exact) mass is 1960 g/mol. The standard InChI is InChI=1S/C80H92N26O22S6/c1-47-39-49(15-19-61(47)95-63-21-17-55(45-65(63)133(123,124)125)93-79-99-75(89-51-7-3-11-57(41-51)129(115,116)103(31-23-67(81)107)32-24-68(82)108)97-76(100-79)90-52-8-4-12-58(42-52)130(117,118)104(33-25-69(83)109)34-26-70(84)110)50-16-20-62(48(2)40-50)96-64-22-18-56(46-66(64)134(126,127)128)94-80-101-77(91-53-9-5-13-59(43-53)131(119,120)105(35-27-71(85)111)36-28-72(86)112)98-78(102-80)92-54-10-6-14-60(44-54)132(121,122)106(37-29-73(87)113)38-30-74(88)114/h3-22,39-46,95-96H,23-38H2,1-2H3,(H2,81,107)(H2,82,108)(H2,83,109)(H2,84,110)(H2,85,111)(H2,86,112)(H2,87,113)(H2,88,114)(H,123,124,125)(H,126,127,128)(H3,89,90,93,97,99,100)(H3,91,92,94,98,101,102)/p-2. The highest BCUT2D eigenvalue weighted by Crippen LogP contribution is 2.38. The maximum Gasteiger partial charge on any atom is 0.243 e. The number of benzene rings is 8. The van der Waals surface area contributed by atoms with Gasteiger partial charge < -0.3 is 97.5 Å². The van der Waals surface area contributed by atoms with Crippen LogP contribution >= 0.6 is 0 Å². The van der Waals surface area contributed by atoms with Gasteiger partial charge in [0.2, 0.25) is 123 Å². The lowest BCUT2D eigenvalue weighted by Gasteiger charge is -2.21. The molecule has 134 heavy (non-hydrogen) atoms. The number of nitrogens with two attached hydrogens (primary N) is 8. The number of primary amides is 8. The number of hydrogen-bond acceptors (Lipinski definition) is 36. The summed E-state index contributed by atoms with van der Waals surface area (Å²) in [6.45, 7) is 0.0184. The molecule has 0 unspecified atom stereocenters. The summed E-state index contributed by atoms with van der Waals surface area (Å²) in [7, 11) is -28.7. The highest BCUT2D eigenvalue weighted by molar-refractivity contribution is 7.90. The third kappa shape index (κ3) is 28.2. The molecule has 0 saturated carbocycles. The summed E-state index contributed by atoms with van der Waals surface area (Å²) >= 11 is 0. The van der Waals surface area contributed by atoms with Crippen molar-refractivity contribution in [3.63, 3.8) is 0 Å². The van der Waals surface area contributed by atoms with Crippen LogP contribution in [0, 0.1) is 13.8 Å². The molecule has 0 atom stereocenters. The fraction of sp³-hybridized carbons (Fsp3) is 0.225. The van der Waals surface area contributed by atoms with E-state index in [-0.39, 0.29) is 101 Å². The van der Waals surface area contributed by atoms with Crippen molar-refractivity contribution in [3.8, 4) is 11.1 Å². The molecule has 24 N–H and O–H groups in total. The van der Waals surface area contributed by atoms with E-state index in [1.54, 1.807) is 50.2 Å². The van der Waals surface area contributed by atoms with Crippen LogP contribution < -0.4 is 88.4 Å². The average Bonchev–Trinajstić information content (AvgIpc) is 0.829. The largest absolute Gasteiger partial charge is 0.744 e. The SMILES string of the molecule is Cc1cc(-c2ccc(Nc3ccc(Nc4nc(Nc5cccc(S(=O)(=O)N(CCC(N)=O)CCC(N)=O)c5)nc(Nc5cccc(S(=O)(=O)N(CCC(N)=O)CCC(N)=O)c5)n4)cc3S(=O)(=O)[O-])c(C)c2)ccc1Nc1ccc(Nc2nc(Nc3cccc(S(=O)(=O)N(CCC(N)=O)CCC(N)=O)c3)nc(Nc3cccc(S(=O)(=O)N(CCC(N)=O)CCC(N)=O)c3)n2)cc1S(=O)(=O)[O-]. The molecule has 0 aliphatic heterocycles. The highest BCUT2D eigenvalue weighted by atomic mass is 32.2. The minimum Gasteiger partial charge on any atom is -0.744 e. The van der Waals surface area contributed by atoms with E-state index < -0.39 is 221 Å². The zero-order chi connectivity index (χ0) is 98.0. The first-order valence-corrected chi connectivity index (χ1v) is 48.3. The second-order valence-electron chi connectivity index (χ2n) is 29.5. The van der Waals surface area contributed by atoms with Gasteiger partial charge in [-0.2, -0.15) is 47.1 Å². The Morgan fingerprint density at radius 3 is 0.642 bits per heavy atom. The van der Waals surface area contributed by atoms with E-state index in [1.807, 2.05) is 0 Å². The first-order valence-electron chi connectivity index (χ1n) is 39.8. The third-order valence-electron chi connectivity index (χ3n) is 19.4. The lowest BCUT2D eigenvalue weighted by molar-refractivity contribution is -0.119. The molecule has 8 aromatic carbocycles. The van der Waals surface area contributed by atoms with Gasteiger partial charge in [-0.25, -0.2) is 50.5 Å².